The molecule has 0 aliphatic rings. The maximum atomic E-state index is 10.6. The van der Waals surface area contributed by atoms with E-state index in [2.05, 4.69) is 5.32 Å². The predicted molar refractivity (Wildman–Crippen MR) is 58.3 cm³/mol. The molecule has 6 nitrogen and oxygen atoms in total. The SMILES string of the molecule is COCCNCc1ccc(O)c([N+](=O)[O-])c1. The fourth-order valence-corrected chi connectivity index (χ4v) is 1.23. The maximum Gasteiger partial charge on any atom is 0.311 e. The molecule has 0 radical (unpaired) electrons. The van der Waals surface area contributed by atoms with Crippen molar-refractivity contribution < 1.29 is 14.8 Å². The molecular formula is C10H14N2O4. The molecule has 0 aliphatic heterocycles. The highest BCUT2D eigenvalue weighted by Crippen LogP contribution is 2.25. The Balaban J connectivity index is 2.61. The number of ether oxygens (including phenoxy) is 1. The second kappa shape index (κ2) is 6.04. The van der Waals surface area contributed by atoms with Crippen LogP contribution in [0.4, 0.5) is 5.69 Å². The zero-order chi connectivity index (χ0) is 12.0. The Kier molecular flexibility index (Phi) is 4.68. The molecule has 88 valence electrons. The van der Waals surface area contributed by atoms with Gasteiger partial charge in [0.2, 0.25) is 0 Å². The molecule has 6 heteroatoms. The van der Waals surface area contributed by atoms with Gasteiger partial charge in [0.25, 0.3) is 0 Å². The lowest BCUT2D eigenvalue weighted by molar-refractivity contribution is -0.385. The van der Waals surface area contributed by atoms with E-state index in [1.54, 1.807) is 13.2 Å². The third-order valence-corrected chi connectivity index (χ3v) is 2.05. The molecule has 16 heavy (non-hydrogen) atoms. The molecule has 0 amide bonds. The summed E-state index contributed by atoms with van der Waals surface area (Å²) < 4.78 is 4.85. The Bertz CT molecular complexity index is 368. The lowest BCUT2D eigenvalue weighted by Gasteiger charge is -2.04. The van der Waals surface area contributed by atoms with E-state index in [4.69, 9.17) is 4.74 Å². The lowest BCUT2D eigenvalue weighted by atomic mass is 10.2. The van der Waals surface area contributed by atoms with Crippen molar-refractivity contribution in [2.75, 3.05) is 20.3 Å². The van der Waals surface area contributed by atoms with Crippen molar-refractivity contribution in [2.24, 2.45) is 0 Å². The summed E-state index contributed by atoms with van der Waals surface area (Å²) in [5.74, 6) is -0.314. The molecule has 1 aromatic carbocycles. The summed E-state index contributed by atoms with van der Waals surface area (Å²) in [7, 11) is 1.60. The third kappa shape index (κ3) is 3.48. The first-order valence-electron chi connectivity index (χ1n) is 4.81. The number of phenols is 1. The largest absolute Gasteiger partial charge is 0.502 e. The van der Waals surface area contributed by atoms with Crippen LogP contribution in [-0.2, 0) is 11.3 Å². The molecular weight excluding hydrogens is 212 g/mol. The van der Waals surface area contributed by atoms with E-state index < -0.39 is 4.92 Å². The molecule has 1 aromatic rings. The molecule has 0 aromatic heterocycles. The van der Waals surface area contributed by atoms with Crippen molar-refractivity contribution in [1.82, 2.24) is 5.32 Å². The van der Waals surface area contributed by atoms with Gasteiger partial charge in [-0.25, -0.2) is 0 Å². The first kappa shape index (κ1) is 12.4. The number of hydrogen-bond acceptors (Lipinski definition) is 5. The zero-order valence-corrected chi connectivity index (χ0v) is 8.97. The van der Waals surface area contributed by atoms with Gasteiger partial charge in [-0.2, -0.15) is 0 Å². The van der Waals surface area contributed by atoms with Gasteiger partial charge in [0, 0.05) is 26.3 Å². The van der Waals surface area contributed by atoms with Crippen LogP contribution in [0.25, 0.3) is 0 Å². The molecule has 0 bridgehead atoms. The lowest BCUT2D eigenvalue weighted by Crippen LogP contribution is -2.18. The van der Waals surface area contributed by atoms with Gasteiger partial charge >= 0.3 is 5.69 Å². The van der Waals surface area contributed by atoms with Crippen molar-refractivity contribution >= 4 is 5.69 Å². The van der Waals surface area contributed by atoms with Gasteiger partial charge in [0.15, 0.2) is 5.75 Å². The Morgan fingerprint density at radius 1 is 1.56 bits per heavy atom. The molecule has 2 N–H and O–H groups in total. The zero-order valence-electron chi connectivity index (χ0n) is 8.97. The molecule has 0 fully saturated rings. The van der Waals surface area contributed by atoms with E-state index in [1.807, 2.05) is 0 Å². The summed E-state index contributed by atoms with van der Waals surface area (Å²) >= 11 is 0. The number of benzene rings is 1. The van der Waals surface area contributed by atoms with Crippen LogP contribution < -0.4 is 5.32 Å². The van der Waals surface area contributed by atoms with Crippen molar-refractivity contribution in [1.29, 1.82) is 0 Å². The fraction of sp³-hybridized carbons (Fsp3) is 0.400. The highest BCUT2D eigenvalue weighted by atomic mass is 16.6. The fourth-order valence-electron chi connectivity index (χ4n) is 1.23. The minimum absolute atomic E-state index is 0.272. The van der Waals surface area contributed by atoms with Crippen LogP contribution in [0.1, 0.15) is 5.56 Å². The third-order valence-electron chi connectivity index (χ3n) is 2.05. The van der Waals surface area contributed by atoms with Crippen LogP contribution in [0.15, 0.2) is 18.2 Å². The molecule has 0 heterocycles. The number of methoxy groups -OCH3 is 1. The van der Waals surface area contributed by atoms with Crippen molar-refractivity contribution in [3.8, 4) is 5.75 Å². The normalized spacial score (nSPS) is 10.3. The first-order valence-corrected chi connectivity index (χ1v) is 4.81. The van der Waals surface area contributed by atoms with Crippen molar-refractivity contribution in [3.63, 3.8) is 0 Å². The summed E-state index contributed by atoms with van der Waals surface area (Å²) in [5, 5.41) is 22.8. The smallest absolute Gasteiger partial charge is 0.311 e. The number of phenolic OH excluding ortho intramolecular Hbond substituents is 1. The van der Waals surface area contributed by atoms with Gasteiger partial charge in [-0.3, -0.25) is 10.1 Å². The van der Waals surface area contributed by atoms with Crippen LogP contribution in [0, 0.1) is 10.1 Å². The van der Waals surface area contributed by atoms with Gasteiger partial charge in [-0.1, -0.05) is 6.07 Å². The average Bonchev–Trinajstić information content (AvgIpc) is 2.26. The molecule has 0 unspecified atom stereocenters. The predicted octanol–water partition coefficient (Wildman–Crippen LogP) is 1.04. The molecule has 0 saturated carbocycles. The Morgan fingerprint density at radius 3 is 2.94 bits per heavy atom. The highest BCUT2D eigenvalue weighted by Gasteiger charge is 2.12. The Labute approximate surface area is 93.0 Å². The van der Waals surface area contributed by atoms with E-state index in [1.165, 1.54) is 12.1 Å². The van der Waals surface area contributed by atoms with Gasteiger partial charge in [0.1, 0.15) is 0 Å². The van der Waals surface area contributed by atoms with Gasteiger partial charge in [-0.05, 0) is 11.6 Å². The monoisotopic (exact) mass is 226 g/mol. The van der Waals surface area contributed by atoms with E-state index >= 15 is 0 Å². The number of hydrogen-bond donors (Lipinski definition) is 2. The van der Waals surface area contributed by atoms with Gasteiger partial charge < -0.3 is 15.2 Å². The van der Waals surface area contributed by atoms with Crippen LogP contribution in [0.5, 0.6) is 5.75 Å². The molecule has 0 atom stereocenters. The Morgan fingerprint density at radius 2 is 2.31 bits per heavy atom. The van der Waals surface area contributed by atoms with E-state index in [-0.39, 0.29) is 11.4 Å². The minimum Gasteiger partial charge on any atom is -0.502 e. The molecule has 0 aliphatic carbocycles. The van der Waals surface area contributed by atoms with Crippen molar-refractivity contribution in [3.05, 3.63) is 33.9 Å². The summed E-state index contributed by atoms with van der Waals surface area (Å²) in [6.07, 6.45) is 0. The number of nitro groups is 1. The van der Waals surface area contributed by atoms with E-state index in [0.717, 1.165) is 5.56 Å². The first-order chi connectivity index (χ1) is 7.65. The Hall–Kier alpha value is -1.66. The molecule has 1 rings (SSSR count). The molecule has 0 saturated heterocycles. The van der Waals surface area contributed by atoms with Crippen molar-refractivity contribution in [2.45, 2.75) is 6.54 Å². The average molecular weight is 226 g/mol. The number of aromatic hydroxyl groups is 1. The number of nitrogens with one attached hydrogen (secondary N) is 1. The number of nitrogens with zero attached hydrogens (tertiary/aromatic N) is 1. The van der Waals surface area contributed by atoms with E-state index in [9.17, 15) is 15.2 Å². The summed E-state index contributed by atoms with van der Waals surface area (Å²) in [6, 6.07) is 4.32. The second-order valence-corrected chi connectivity index (χ2v) is 3.25. The number of nitro benzene ring substituents is 1. The summed E-state index contributed by atoms with van der Waals surface area (Å²) in [5.41, 5.74) is 0.478. The standard InChI is InChI=1S/C10H14N2O4/c1-16-5-4-11-7-8-2-3-10(13)9(6-8)12(14)15/h2-3,6,11,13H,4-5,7H2,1H3. The second-order valence-electron chi connectivity index (χ2n) is 3.25. The number of rotatable bonds is 6. The maximum absolute atomic E-state index is 10.6. The van der Waals surface area contributed by atoms with Gasteiger partial charge in [0.05, 0.1) is 11.5 Å². The van der Waals surface area contributed by atoms with Gasteiger partial charge in [-0.15, -0.1) is 0 Å². The molecule has 0 spiro atoms. The summed E-state index contributed by atoms with van der Waals surface area (Å²) in [4.78, 5) is 9.95. The van der Waals surface area contributed by atoms with Crippen LogP contribution in [0.2, 0.25) is 0 Å². The quantitative estimate of drug-likeness (QED) is 0.430. The topological polar surface area (TPSA) is 84.6 Å². The van der Waals surface area contributed by atoms with Crippen LogP contribution in [-0.4, -0.2) is 30.3 Å². The van der Waals surface area contributed by atoms with Crippen LogP contribution in [0.3, 0.4) is 0 Å². The highest BCUT2D eigenvalue weighted by molar-refractivity contribution is 5.47. The summed E-state index contributed by atoms with van der Waals surface area (Å²) in [6.45, 7) is 1.76. The van der Waals surface area contributed by atoms with E-state index in [0.29, 0.717) is 19.7 Å². The minimum atomic E-state index is -0.603. The van der Waals surface area contributed by atoms with Crippen LogP contribution >= 0.6 is 0 Å².